The quantitative estimate of drug-likeness (QED) is 0.815. The standard InChI is InChI=1S/C12H18F2N4/c1-2-18(8-3-4-8)6-5-16-12-10(14)7-9(13)11(15)17-12/h7-8H,2-6H2,1H3,(H3,15,16,17). The van der Waals surface area contributed by atoms with Crippen molar-refractivity contribution in [2.24, 2.45) is 0 Å². The van der Waals surface area contributed by atoms with E-state index in [1.165, 1.54) is 12.8 Å². The van der Waals surface area contributed by atoms with Crippen LogP contribution in [0.3, 0.4) is 0 Å². The molecular weight excluding hydrogens is 238 g/mol. The van der Waals surface area contributed by atoms with E-state index < -0.39 is 11.6 Å². The van der Waals surface area contributed by atoms with Crippen LogP contribution in [0, 0.1) is 11.6 Å². The first kappa shape index (κ1) is 13.0. The van der Waals surface area contributed by atoms with Crippen LogP contribution in [0.1, 0.15) is 19.8 Å². The summed E-state index contributed by atoms with van der Waals surface area (Å²) in [6, 6.07) is 1.43. The molecule has 0 radical (unpaired) electrons. The number of nitrogens with zero attached hydrogens (tertiary/aromatic N) is 2. The van der Waals surface area contributed by atoms with Crippen molar-refractivity contribution in [2.75, 3.05) is 30.7 Å². The van der Waals surface area contributed by atoms with Gasteiger partial charge < -0.3 is 11.1 Å². The molecule has 0 aliphatic heterocycles. The van der Waals surface area contributed by atoms with Crippen LogP contribution in [0.25, 0.3) is 0 Å². The zero-order chi connectivity index (χ0) is 13.1. The molecule has 100 valence electrons. The maximum Gasteiger partial charge on any atom is 0.168 e. The summed E-state index contributed by atoms with van der Waals surface area (Å²) in [5.74, 6) is -1.81. The number of nitrogens with two attached hydrogens (primary N) is 1. The van der Waals surface area contributed by atoms with Gasteiger partial charge in [0.15, 0.2) is 23.3 Å². The highest BCUT2D eigenvalue weighted by Crippen LogP contribution is 2.26. The third kappa shape index (κ3) is 3.07. The van der Waals surface area contributed by atoms with Crippen molar-refractivity contribution in [2.45, 2.75) is 25.8 Å². The van der Waals surface area contributed by atoms with Crippen LogP contribution >= 0.6 is 0 Å². The van der Waals surface area contributed by atoms with Gasteiger partial charge in [-0.1, -0.05) is 6.92 Å². The lowest BCUT2D eigenvalue weighted by atomic mass is 10.4. The Balaban J connectivity index is 1.87. The van der Waals surface area contributed by atoms with Crippen molar-refractivity contribution < 1.29 is 8.78 Å². The molecule has 6 heteroatoms. The molecule has 0 unspecified atom stereocenters. The van der Waals surface area contributed by atoms with Crippen LogP contribution in [0.4, 0.5) is 20.4 Å². The third-order valence-corrected chi connectivity index (χ3v) is 3.12. The van der Waals surface area contributed by atoms with Gasteiger partial charge in [0.05, 0.1) is 0 Å². The van der Waals surface area contributed by atoms with Crippen LogP contribution in [-0.4, -0.2) is 35.6 Å². The number of hydrogen-bond acceptors (Lipinski definition) is 4. The van der Waals surface area contributed by atoms with E-state index >= 15 is 0 Å². The van der Waals surface area contributed by atoms with Gasteiger partial charge in [0, 0.05) is 25.2 Å². The molecule has 1 saturated carbocycles. The van der Waals surface area contributed by atoms with Gasteiger partial charge in [-0.05, 0) is 19.4 Å². The second-order valence-corrected chi connectivity index (χ2v) is 4.47. The van der Waals surface area contributed by atoms with Gasteiger partial charge in [0.25, 0.3) is 0 Å². The lowest BCUT2D eigenvalue weighted by Gasteiger charge is -2.20. The molecule has 2 rings (SSSR count). The lowest BCUT2D eigenvalue weighted by molar-refractivity contribution is 0.289. The summed E-state index contributed by atoms with van der Waals surface area (Å²) in [5.41, 5.74) is 5.30. The van der Waals surface area contributed by atoms with Gasteiger partial charge in [-0.15, -0.1) is 0 Å². The largest absolute Gasteiger partial charge is 0.381 e. The number of rotatable bonds is 6. The average molecular weight is 256 g/mol. The highest BCUT2D eigenvalue weighted by Gasteiger charge is 2.27. The molecule has 0 saturated heterocycles. The fraction of sp³-hybridized carbons (Fsp3) is 0.583. The van der Waals surface area contributed by atoms with E-state index in [0.29, 0.717) is 12.6 Å². The normalized spacial score (nSPS) is 15.1. The Kier molecular flexibility index (Phi) is 3.96. The minimum atomic E-state index is -0.828. The first-order valence-electron chi connectivity index (χ1n) is 6.21. The molecule has 0 atom stereocenters. The number of nitrogens with one attached hydrogen (secondary N) is 1. The number of pyridine rings is 1. The fourth-order valence-electron chi connectivity index (χ4n) is 1.96. The van der Waals surface area contributed by atoms with Crippen molar-refractivity contribution in [1.29, 1.82) is 0 Å². The number of halogens is 2. The summed E-state index contributed by atoms with van der Waals surface area (Å²) >= 11 is 0. The second-order valence-electron chi connectivity index (χ2n) is 4.47. The van der Waals surface area contributed by atoms with Crippen molar-refractivity contribution in [3.05, 3.63) is 17.7 Å². The Morgan fingerprint density at radius 3 is 2.78 bits per heavy atom. The van der Waals surface area contributed by atoms with Crippen molar-refractivity contribution >= 4 is 11.6 Å². The summed E-state index contributed by atoms with van der Waals surface area (Å²) in [6.45, 7) is 4.47. The predicted molar refractivity (Wildman–Crippen MR) is 67.3 cm³/mol. The smallest absolute Gasteiger partial charge is 0.168 e. The van der Waals surface area contributed by atoms with Gasteiger partial charge >= 0.3 is 0 Å². The zero-order valence-corrected chi connectivity index (χ0v) is 10.4. The number of hydrogen-bond donors (Lipinski definition) is 2. The van der Waals surface area contributed by atoms with Gasteiger partial charge in [0.2, 0.25) is 0 Å². The molecule has 4 nitrogen and oxygen atoms in total. The Morgan fingerprint density at radius 2 is 2.17 bits per heavy atom. The zero-order valence-electron chi connectivity index (χ0n) is 10.4. The first-order valence-corrected chi connectivity index (χ1v) is 6.21. The van der Waals surface area contributed by atoms with Crippen molar-refractivity contribution in [3.63, 3.8) is 0 Å². The van der Waals surface area contributed by atoms with Crippen LogP contribution < -0.4 is 11.1 Å². The molecule has 1 aliphatic carbocycles. The summed E-state index contributed by atoms with van der Waals surface area (Å²) in [4.78, 5) is 5.98. The van der Waals surface area contributed by atoms with E-state index in [0.717, 1.165) is 19.2 Å². The van der Waals surface area contributed by atoms with E-state index in [-0.39, 0.29) is 11.6 Å². The van der Waals surface area contributed by atoms with Crippen LogP contribution in [0.15, 0.2) is 6.07 Å². The highest BCUT2D eigenvalue weighted by atomic mass is 19.1. The number of likely N-dealkylation sites (N-methyl/N-ethyl adjacent to an activating group) is 1. The molecule has 18 heavy (non-hydrogen) atoms. The molecule has 1 fully saturated rings. The minimum absolute atomic E-state index is 0.0146. The SMILES string of the molecule is CCN(CCNc1nc(N)c(F)cc1F)C1CC1. The molecular formula is C12H18F2N4. The number of anilines is 2. The van der Waals surface area contributed by atoms with Crippen LogP contribution in [0.5, 0.6) is 0 Å². The van der Waals surface area contributed by atoms with E-state index in [2.05, 4.69) is 22.1 Å². The molecule has 1 aliphatic rings. The molecule has 0 bridgehead atoms. The molecule has 0 aromatic carbocycles. The van der Waals surface area contributed by atoms with Crippen LogP contribution in [0.2, 0.25) is 0 Å². The third-order valence-electron chi connectivity index (χ3n) is 3.12. The van der Waals surface area contributed by atoms with Gasteiger partial charge in [-0.2, -0.15) is 0 Å². The average Bonchev–Trinajstić information content (AvgIpc) is 3.15. The molecule has 0 amide bonds. The molecule has 3 N–H and O–H groups in total. The Hall–Kier alpha value is -1.43. The first-order chi connectivity index (χ1) is 8.61. The maximum atomic E-state index is 13.4. The number of nitrogen functional groups attached to an aromatic ring is 1. The summed E-state index contributed by atoms with van der Waals surface area (Å²) in [5, 5.41) is 2.85. The Labute approximate surface area is 105 Å². The fourth-order valence-corrected chi connectivity index (χ4v) is 1.96. The maximum absolute atomic E-state index is 13.4. The molecule has 1 aromatic heterocycles. The summed E-state index contributed by atoms with van der Waals surface area (Å²) in [7, 11) is 0. The number of aromatic nitrogens is 1. The van der Waals surface area contributed by atoms with Crippen molar-refractivity contribution in [3.8, 4) is 0 Å². The predicted octanol–water partition coefficient (Wildman–Crippen LogP) is 1.84. The van der Waals surface area contributed by atoms with E-state index in [9.17, 15) is 8.78 Å². The molecule has 0 spiro atoms. The summed E-state index contributed by atoms with van der Waals surface area (Å²) in [6.07, 6.45) is 2.48. The van der Waals surface area contributed by atoms with Gasteiger partial charge in [-0.3, -0.25) is 4.90 Å². The van der Waals surface area contributed by atoms with Gasteiger partial charge in [0.1, 0.15) is 0 Å². The topological polar surface area (TPSA) is 54.2 Å². The Morgan fingerprint density at radius 1 is 1.44 bits per heavy atom. The summed E-state index contributed by atoms with van der Waals surface area (Å²) < 4.78 is 26.3. The minimum Gasteiger partial charge on any atom is -0.381 e. The lowest BCUT2D eigenvalue weighted by Crippen LogP contribution is -2.31. The van der Waals surface area contributed by atoms with Gasteiger partial charge in [-0.25, -0.2) is 13.8 Å². The monoisotopic (exact) mass is 256 g/mol. The second kappa shape index (κ2) is 5.48. The van der Waals surface area contributed by atoms with E-state index in [4.69, 9.17) is 5.73 Å². The van der Waals surface area contributed by atoms with Crippen LogP contribution in [-0.2, 0) is 0 Å². The highest BCUT2D eigenvalue weighted by molar-refractivity contribution is 5.44. The molecule has 1 aromatic rings. The van der Waals surface area contributed by atoms with Crippen molar-refractivity contribution in [1.82, 2.24) is 9.88 Å². The van der Waals surface area contributed by atoms with E-state index in [1.54, 1.807) is 0 Å². The van der Waals surface area contributed by atoms with E-state index in [1.807, 2.05) is 0 Å². The Bertz CT molecular complexity index is 421. The molecule has 1 heterocycles.